The van der Waals surface area contributed by atoms with E-state index in [9.17, 15) is 9.18 Å². The van der Waals surface area contributed by atoms with Crippen molar-refractivity contribution in [1.82, 2.24) is 15.3 Å². The Bertz CT molecular complexity index is 905. The number of aromatic nitrogens is 2. The summed E-state index contributed by atoms with van der Waals surface area (Å²) < 4.78 is 14.2. The molecule has 3 N–H and O–H groups in total. The number of hydrogen-bond acceptors (Lipinski definition) is 4. The fraction of sp³-hybridized carbons (Fsp3) is 0.111. The molecule has 0 radical (unpaired) electrons. The van der Waals surface area contributed by atoms with Crippen molar-refractivity contribution in [2.75, 3.05) is 11.9 Å². The van der Waals surface area contributed by atoms with Crippen LogP contribution in [-0.2, 0) is 6.54 Å². The summed E-state index contributed by atoms with van der Waals surface area (Å²) in [7, 11) is 0. The minimum absolute atomic E-state index is 0.0216. The molecule has 2 aromatic heterocycles. The summed E-state index contributed by atoms with van der Waals surface area (Å²) in [6.07, 6.45) is 2.70. The van der Waals surface area contributed by atoms with E-state index in [1.165, 1.54) is 12.4 Å². The standard InChI is InChI=1S/C18H15FN4O/c19-13-8-20-7-6-12(13)17-18(22-11-4-2-1-3-5-11)16-14(23-17)9-21-10-15(16)24/h1-8,21-23H,9-10H2. The topological polar surface area (TPSA) is 69.8 Å². The predicted molar refractivity (Wildman–Crippen MR) is 89.7 cm³/mol. The molecule has 3 heterocycles. The van der Waals surface area contributed by atoms with E-state index in [-0.39, 0.29) is 12.3 Å². The van der Waals surface area contributed by atoms with Gasteiger partial charge < -0.3 is 15.6 Å². The zero-order valence-corrected chi connectivity index (χ0v) is 12.8. The molecule has 0 saturated carbocycles. The van der Waals surface area contributed by atoms with E-state index in [0.717, 1.165) is 11.4 Å². The number of para-hydroxylation sites is 1. The van der Waals surface area contributed by atoms with E-state index in [2.05, 4.69) is 20.6 Å². The molecule has 0 fully saturated rings. The maximum absolute atomic E-state index is 14.2. The minimum atomic E-state index is -0.437. The van der Waals surface area contributed by atoms with Crippen molar-refractivity contribution in [1.29, 1.82) is 0 Å². The molecule has 0 aliphatic carbocycles. The van der Waals surface area contributed by atoms with E-state index in [4.69, 9.17) is 0 Å². The number of fused-ring (bicyclic) bond motifs is 1. The highest BCUT2D eigenvalue weighted by atomic mass is 19.1. The number of benzene rings is 1. The maximum Gasteiger partial charge on any atom is 0.180 e. The average Bonchev–Trinajstić information content (AvgIpc) is 2.96. The van der Waals surface area contributed by atoms with Crippen LogP contribution in [0.1, 0.15) is 16.1 Å². The van der Waals surface area contributed by atoms with Crippen molar-refractivity contribution >= 4 is 17.2 Å². The lowest BCUT2D eigenvalue weighted by Gasteiger charge is -2.14. The highest BCUT2D eigenvalue weighted by molar-refractivity contribution is 6.08. The van der Waals surface area contributed by atoms with Gasteiger partial charge in [-0.2, -0.15) is 0 Å². The number of nitrogens with zero attached hydrogens (tertiary/aromatic N) is 1. The SMILES string of the molecule is O=C1CNCc2[nH]c(-c3ccncc3F)c(Nc3ccccc3)c21. The number of pyridine rings is 1. The first-order valence-electron chi connectivity index (χ1n) is 7.65. The Morgan fingerprint density at radius 1 is 1.12 bits per heavy atom. The van der Waals surface area contributed by atoms with Gasteiger partial charge in [0, 0.05) is 29.7 Å². The van der Waals surface area contributed by atoms with Crippen molar-refractivity contribution in [2.45, 2.75) is 6.54 Å². The largest absolute Gasteiger partial charge is 0.355 e. The Morgan fingerprint density at radius 2 is 1.96 bits per heavy atom. The molecule has 1 aromatic carbocycles. The minimum Gasteiger partial charge on any atom is -0.355 e. The molecule has 5 nitrogen and oxygen atoms in total. The van der Waals surface area contributed by atoms with Crippen LogP contribution in [0.2, 0.25) is 0 Å². The smallest absolute Gasteiger partial charge is 0.180 e. The van der Waals surface area contributed by atoms with Crippen molar-refractivity contribution in [3.05, 3.63) is 65.9 Å². The van der Waals surface area contributed by atoms with Gasteiger partial charge in [0.1, 0.15) is 0 Å². The zero-order chi connectivity index (χ0) is 16.5. The molecule has 0 unspecified atom stereocenters. The first-order valence-corrected chi connectivity index (χ1v) is 7.65. The molecule has 3 aromatic rings. The first kappa shape index (κ1) is 14.6. The van der Waals surface area contributed by atoms with Gasteiger partial charge in [0.2, 0.25) is 0 Å². The van der Waals surface area contributed by atoms with Gasteiger partial charge in [-0.25, -0.2) is 4.39 Å². The van der Waals surface area contributed by atoms with E-state index in [1.807, 2.05) is 30.3 Å². The molecular weight excluding hydrogens is 307 g/mol. The number of carbonyl (C=O) groups excluding carboxylic acids is 1. The molecule has 120 valence electrons. The van der Waals surface area contributed by atoms with Crippen LogP contribution in [0.5, 0.6) is 0 Å². The third kappa shape index (κ3) is 2.47. The van der Waals surface area contributed by atoms with Gasteiger partial charge >= 0.3 is 0 Å². The Balaban J connectivity index is 1.90. The third-order valence-electron chi connectivity index (χ3n) is 4.03. The molecule has 1 aliphatic rings. The summed E-state index contributed by atoms with van der Waals surface area (Å²) in [5, 5.41) is 6.32. The van der Waals surface area contributed by atoms with Gasteiger partial charge in [-0.15, -0.1) is 0 Å². The molecule has 4 rings (SSSR count). The summed E-state index contributed by atoms with van der Waals surface area (Å²) >= 11 is 0. The fourth-order valence-electron chi connectivity index (χ4n) is 2.95. The Hall–Kier alpha value is -2.99. The fourth-order valence-corrected chi connectivity index (χ4v) is 2.95. The summed E-state index contributed by atoms with van der Waals surface area (Å²) in [4.78, 5) is 19.4. The second kappa shape index (κ2) is 5.90. The van der Waals surface area contributed by atoms with Gasteiger partial charge in [0.25, 0.3) is 0 Å². The molecule has 0 bridgehead atoms. The second-order valence-corrected chi connectivity index (χ2v) is 5.60. The Labute approximate surface area is 137 Å². The van der Waals surface area contributed by atoms with Crippen LogP contribution in [0, 0.1) is 5.82 Å². The molecular formula is C18H15FN4O. The third-order valence-corrected chi connectivity index (χ3v) is 4.03. The number of rotatable bonds is 3. The maximum atomic E-state index is 14.2. The number of ketones is 1. The van der Waals surface area contributed by atoms with E-state index in [1.54, 1.807) is 6.07 Å². The lowest BCUT2D eigenvalue weighted by atomic mass is 10.0. The molecule has 6 heteroatoms. The number of carbonyl (C=O) groups is 1. The molecule has 0 atom stereocenters. The summed E-state index contributed by atoms with van der Waals surface area (Å²) in [6, 6.07) is 11.1. The molecule has 0 saturated heterocycles. The van der Waals surface area contributed by atoms with Crippen molar-refractivity contribution < 1.29 is 9.18 Å². The van der Waals surface area contributed by atoms with E-state index >= 15 is 0 Å². The van der Waals surface area contributed by atoms with Gasteiger partial charge in [0.05, 0.1) is 29.7 Å². The molecule has 0 spiro atoms. The van der Waals surface area contributed by atoms with Crippen LogP contribution in [-0.4, -0.2) is 22.3 Å². The van der Waals surface area contributed by atoms with Gasteiger partial charge in [-0.05, 0) is 18.2 Å². The van der Waals surface area contributed by atoms with Crippen LogP contribution in [0.4, 0.5) is 15.8 Å². The highest BCUT2D eigenvalue weighted by Crippen LogP contribution is 2.37. The number of H-pyrrole nitrogens is 1. The van der Waals surface area contributed by atoms with Crippen LogP contribution in [0.15, 0.2) is 48.8 Å². The average molecular weight is 322 g/mol. The lowest BCUT2D eigenvalue weighted by molar-refractivity contribution is 0.0983. The van der Waals surface area contributed by atoms with E-state index in [0.29, 0.717) is 29.1 Å². The van der Waals surface area contributed by atoms with Crippen LogP contribution >= 0.6 is 0 Å². The number of aromatic amines is 1. The quantitative estimate of drug-likeness (QED) is 0.692. The lowest BCUT2D eigenvalue weighted by Crippen LogP contribution is -2.29. The van der Waals surface area contributed by atoms with Crippen molar-refractivity contribution in [2.24, 2.45) is 0 Å². The number of hydrogen-bond donors (Lipinski definition) is 3. The van der Waals surface area contributed by atoms with E-state index < -0.39 is 5.82 Å². The second-order valence-electron chi connectivity index (χ2n) is 5.60. The Kier molecular flexibility index (Phi) is 3.59. The molecule has 1 aliphatic heterocycles. The van der Waals surface area contributed by atoms with Crippen LogP contribution < -0.4 is 10.6 Å². The van der Waals surface area contributed by atoms with Crippen molar-refractivity contribution in [3.8, 4) is 11.3 Å². The summed E-state index contributed by atoms with van der Waals surface area (Å²) in [6.45, 7) is 0.809. The van der Waals surface area contributed by atoms with Crippen LogP contribution in [0.25, 0.3) is 11.3 Å². The highest BCUT2D eigenvalue weighted by Gasteiger charge is 2.27. The number of nitrogens with one attached hydrogen (secondary N) is 3. The Morgan fingerprint density at radius 3 is 2.75 bits per heavy atom. The summed E-state index contributed by atoms with van der Waals surface area (Å²) in [5.74, 6) is -0.459. The van der Waals surface area contributed by atoms with Crippen LogP contribution in [0.3, 0.4) is 0 Å². The molecule has 24 heavy (non-hydrogen) atoms. The molecule has 0 amide bonds. The number of Topliss-reactive ketones (excluding diaryl/α,β-unsaturated/α-hetero) is 1. The van der Waals surface area contributed by atoms with Gasteiger partial charge in [-0.3, -0.25) is 9.78 Å². The van der Waals surface area contributed by atoms with Gasteiger partial charge in [0.15, 0.2) is 11.6 Å². The first-order chi connectivity index (χ1) is 11.7. The normalized spacial score (nSPS) is 13.6. The predicted octanol–water partition coefficient (Wildman–Crippen LogP) is 3.25. The number of halogens is 1. The van der Waals surface area contributed by atoms with Crippen molar-refractivity contribution in [3.63, 3.8) is 0 Å². The zero-order valence-electron chi connectivity index (χ0n) is 12.8. The summed E-state index contributed by atoms with van der Waals surface area (Å²) in [5.41, 5.74) is 3.72. The number of anilines is 2. The monoisotopic (exact) mass is 322 g/mol. The van der Waals surface area contributed by atoms with Gasteiger partial charge in [-0.1, -0.05) is 18.2 Å².